The predicted molar refractivity (Wildman–Crippen MR) is 147 cm³/mol. The van der Waals surface area contributed by atoms with Crippen LogP contribution >= 0.6 is 23.4 Å². The summed E-state index contributed by atoms with van der Waals surface area (Å²) in [6.45, 7) is 3.83. The van der Waals surface area contributed by atoms with Crippen LogP contribution in [0.1, 0.15) is 34.0 Å². The van der Waals surface area contributed by atoms with Crippen LogP contribution in [0.25, 0.3) is 6.08 Å². The maximum atomic E-state index is 12.9. The molecule has 0 aromatic heterocycles. The minimum Gasteiger partial charge on any atom is -0.506 e. The number of benzene rings is 3. The Kier molecular flexibility index (Phi) is 8.48. The molecular formula is C29H24ClNO5S. The lowest BCUT2D eigenvalue weighted by molar-refractivity contribution is -0.138. The zero-order valence-electron chi connectivity index (χ0n) is 20.2. The SMILES string of the molecule is CCOC(=O)C1=C(O)/C(=C/c2ccccc2OCc2ccccc2Cl)SC1=NC(=O)c1ccccc1C. The smallest absolute Gasteiger partial charge is 0.344 e. The largest absolute Gasteiger partial charge is 0.506 e. The maximum Gasteiger partial charge on any atom is 0.344 e. The van der Waals surface area contributed by atoms with Gasteiger partial charge in [-0.2, -0.15) is 0 Å². The van der Waals surface area contributed by atoms with Gasteiger partial charge in [-0.25, -0.2) is 9.79 Å². The van der Waals surface area contributed by atoms with Gasteiger partial charge >= 0.3 is 5.97 Å². The number of nitrogens with zero attached hydrogens (tertiary/aromatic N) is 1. The third-order valence-corrected chi connectivity index (χ3v) is 6.88. The highest BCUT2D eigenvalue weighted by atomic mass is 35.5. The number of hydrogen-bond donors (Lipinski definition) is 1. The quantitative estimate of drug-likeness (QED) is 0.331. The summed E-state index contributed by atoms with van der Waals surface area (Å²) in [7, 11) is 0. The van der Waals surface area contributed by atoms with Gasteiger partial charge in [0.1, 0.15) is 28.7 Å². The number of para-hydroxylation sites is 1. The molecule has 1 heterocycles. The minimum atomic E-state index is -0.754. The number of aliphatic hydroxyl groups excluding tert-OH is 1. The van der Waals surface area contributed by atoms with Crippen molar-refractivity contribution in [2.24, 2.45) is 4.99 Å². The zero-order chi connectivity index (χ0) is 26.4. The Morgan fingerprint density at radius 2 is 1.73 bits per heavy atom. The van der Waals surface area contributed by atoms with E-state index in [4.69, 9.17) is 21.1 Å². The molecule has 3 aromatic rings. The van der Waals surface area contributed by atoms with Crippen molar-refractivity contribution in [2.75, 3.05) is 6.61 Å². The number of hydrogen-bond acceptors (Lipinski definition) is 6. The summed E-state index contributed by atoms with van der Waals surface area (Å²) in [5, 5.41) is 11.7. The van der Waals surface area contributed by atoms with E-state index in [9.17, 15) is 14.7 Å². The fourth-order valence-corrected chi connectivity index (χ4v) is 4.79. The van der Waals surface area contributed by atoms with Gasteiger partial charge in [0.2, 0.25) is 0 Å². The van der Waals surface area contributed by atoms with Crippen molar-refractivity contribution in [3.63, 3.8) is 0 Å². The number of esters is 1. The molecule has 4 rings (SSSR count). The number of aliphatic hydroxyl groups is 1. The van der Waals surface area contributed by atoms with Crippen LogP contribution in [0.4, 0.5) is 0 Å². The summed E-state index contributed by atoms with van der Waals surface area (Å²) in [4.78, 5) is 30.1. The molecule has 6 nitrogen and oxygen atoms in total. The topological polar surface area (TPSA) is 85.2 Å². The Labute approximate surface area is 224 Å². The molecule has 0 spiro atoms. The van der Waals surface area contributed by atoms with Crippen LogP contribution < -0.4 is 4.74 Å². The van der Waals surface area contributed by atoms with Crippen LogP contribution in [-0.4, -0.2) is 28.6 Å². The lowest BCUT2D eigenvalue weighted by atomic mass is 10.1. The normalized spacial score (nSPS) is 15.3. The number of aryl methyl sites for hydroxylation is 1. The zero-order valence-corrected chi connectivity index (χ0v) is 21.8. The van der Waals surface area contributed by atoms with Gasteiger partial charge in [-0.15, -0.1) is 0 Å². The predicted octanol–water partition coefficient (Wildman–Crippen LogP) is 6.93. The Morgan fingerprint density at radius 1 is 1.03 bits per heavy atom. The van der Waals surface area contributed by atoms with Gasteiger partial charge in [-0.05, 0) is 43.7 Å². The van der Waals surface area contributed by atoms with Gasteiger partial charge in [0.05, 0.1) is 11.5 Å². The summed E-state index contributed by atoms with van der Waals surface area (Å²) in [6, 6.07) is 21.7. The van der Waals surface area contributed by atoms with Crippen LogP contribution in [-0.2, 0) is 16.1 Å². The molecular weight excluding hydrogens is 510 g/mol. The van der Waals surface area contributed by atoms with Crippen molar-refractivity contribution in [1.29, 1.82) is 0 Å². The summed E-state index contributed by atoms with van der Waals surface area (Å²) in [6.07, 6.45) is 1.68. The first-order valence-corrected chi connectivity index (χ1v) is 12.7. The first kappa shape index (κ1) is 26.3. The Hall–Kier alpha value is -3.81. The van der Waals surface area contributed by atoms with Crippen molar-refractivity contribution in [3.05, 3.63) is 116 Å². The Bertz CT molecular complexity index is 1440. The van der Waals surface area contributed by atoms with Crippen LogP contribution in [0.5, 0.6) is 5.75 Å². The molecule has 37 heavy (non-hydrogen) atoms. The molecule has 0 unspecified atom stereocenters. The Balaban J connectivity index is 1.68. The van der Waals surface area contributed by atoms with Gasteiger partial charge in [-0.1, -0.05) is 78.0 Å². The van der Waals surface area contributed by atoms with Crippen LogP contribution in [0.2, 0.25) is 5.02 Å². The second kappa shape index (κ2) is 12.0. The number of halogens is 1. The average Bonchev–Trinajstić information content (AvgIpc) is 3.18. The number of amides is 1. The van der Waals surface area contributed by atoms with Crippen molar-refractivity contribution in [2.45, 2.75) is 20.5 Å². The summed E-state index contributed by atoms with van der Waals surface area (Å²) in [5.74, 6) is -1.02. The number of thioether (sulfide) groups is 1. The van der Waals surface area contributed by atoms with E-state index in [0.29, 0.717) is 26.8 Å². The molecule has 1 aliphatic heterocycles. The average molecular weight is 534 g/mol. The van der Waals surface area contributed by atoms with E-state index in [1.165, 1.54) is 0 Å². The molecule has 0 atom stereocenters. The fraction of sp³-hybridized carbons (Fsp3) is 0.138. The highest BCUT2D eigenvalue weighted by Crippen LogP contribution is 2.40. The van der Waals surface area contributed by atoms with E-state index in [0.717, 1.165) is 22.9 Å². The summed E-state index contributed by atoms with van der Waals surface area (Å²) >= 11 is 7.27. The second-order valence-electron chi connectivity index (χ2n) is 8.01. The number of carbonyl (C=O) groups is 2. The molecule has 0 saturated heterocycles. The van der Waals surface area contributed by atoms with Gasteiger partial charge in [0.25, 0.3) is 5.91 Å². The molecule has 188 valence electrons. The summed E-state index contributed by atoms with van der Waals surface area (Å²) in [5.41, 5.74) is 2.52. The number of aliphatic imine (C=N–C) groups is 1. The second-order valence-corrected chi connectivity index (χ2v) is 9.45. The number of ether oxygens (including phenoxy) is 2. The minimum absolute atomic E-state index is 0.0740. The van der Waals surface area contributed by atoms with Gasteiger partial charge < -0.3 is 14.6 Å². The molecule has 0 bridgehead atoms. The van der Waals surface area contributed by atoms with E-state index < -0.39 is 11.9 Å². The highest BCUT2D eigenvalue weighted by Gasteiger charge is 2.34. The van der Waals surface area contributed by atoms with E-state index in [-0.39, 0.29) is 29.6 Å². The lowest BCUT2D eigenvalue weighted by Crippen LogP contribution is -2.14. The molecule has 1 amide bonds. The molecule has 3 aromatic carbocycles. The van der Waals surface area contributed by atoms with Crippen LogP contribution in [0, 0.1) is 6.92 Å². The van der Waals surface area contributed by atoms with E-state index in [1.54, 1.807) is 50.3 Å². The number of rotatable bonds is 7. The number of carbonyl (C=O) groups excluding carboxylic acids is 2. The van der Waals surface area contributed by atoms with Crippen LogP contribution in [0.3, 0.4) is 0 Å². The standard InChI is InChI=1S/C29H24ClNO5S/c1-3-35-29(34)25-26(32)24(37-28(25)31-27(33)21-13-7-4-10-18(21)2)16-19-11-6-9-15-23(19)36-17-20-12-5-8-14-22(20)30/h4-16,32H,3,17H2,1-2H3/b24-16-,31-28?. The fourth-order valence-electron chi connectivity index (χ4n) is 3.60. The molecule has 1 aliphatic rings. The third kappa shape index (κ3) is 6.13. The molecule has 0 radical (unpaired) electrons. The van der Waals surface area contributed by atoms with Crippen LogP contribution in [0.15, 0.2) is 94.0 Å². The molecule has 1 N–H and O–H groups in total. The molecule has 0 aliphatic carbocycles. The summed E-state index contributed by atoms with van der Waals surface area (Å²) < 4.78 is 11.1. The first-order chi connectivity index (χ1) is 17.9. The van der Waals surface area contributed by atoms with Crippen molar-refractivity contribution >= 4 is 46.4 Å². The van der Waals surface area contributed by atoms with E-state index in [1.807, 2.05) is 42.5 Å². The maximum absolute atomic E-state index is 12.9. The van der Waals surface area contributed by atoms with Gasteiger partial charge in [0, 0.05) is 21.7 Å². The van der Waals surface area contributed by atoms with E-state index >= 15 is 0 Å². The molecule has 0 saturated carbocycles. The molecule has 8 heteroatoms. The highest BCUT2D eigenvalue weighted by molar-refractivity contribution is 8.18. The monoisotopic (exact) mass is 533 g/mol. The van der Waals surface area contributed by atoms with Crippen molar-refractivity contribution < 1.29 is 24.2 Å². The van der Waals surface area contributed by atoms with Crippen molar-refractivity contribution in [1.82, 2.24) is 0 Å². The van der Waals surface area contributed by atoms with Gasteiger partial charge in [-0.3, -0.25) is 4.79 Å². The first-order valence-electron chi connectivity index (χ1n) is 11.5. The van der Waals surface area contributed by atoms with E-state index in [2.05, 4.69) is 4.99 Å². The third-order valence-electron chi connectivity index (χ3n) is 5.50. The van der Waals surface area contributed by atoms with Gasteiger partial charge in [0.15, 0.2) is 0 Å². The molecule has 0 fully saturated rings. The van der Waals surface area contributed by atoms with Crippen molar-refractivity contribution in [3.8, 4) is 5.75 Å². The Morgan fingerprint density at radius 3 is 2.49 bits per heavy atom. The lowest BCUT2D eigenvalue weighted by Gasteiger charge is -2.11.